The molecule has 6 nitrogen and oxygen atoms in total. The number of rotatable bonds is 3. The van der Waals surface area contributed by atoms with Crippen LogP contribution in [0.4, 0.5) is 22.0 Å². The summed E-state index contributed by atoms with van der Waals surface area (Å²) in [7, 11) is 0. The number of benzene rings is 2. The average molecular weight is 350 g/mol. The number of carbonyl (C=O) groups is 1. The van der Waals surface area contributed by atoms with Crippen molar-refractivity contribution in [1.82, 2.24) is 9.97 Å². The van der Waals surface area contributed by atoms with Crippen LogP contribution in [0.1, 0.15) is 5.56 Å². The van der Waals surface area contributed by atoms with Crippen molar-refractivity contribution in [3.05, 3.63) is 66.5 Å². The third-order valence-electron chi connectivity index (χ3n) is 3.81. The first kappa shape index (κ1) is 15.5. The van der Waals surface area contributed by atoms with Gasteiger partial charge in [-0.1, -0.05) is 36.0 Å². The van der Waals surface area contributed by atoms with E-state index in [9.17, 15) is 9.90 Å². The highest BCUT2D eigenvalue weighted by molar-refractivity contribution is 7.99. The van der Waals surface area contributed by atoms with Crippen molar-refractivity contribution in [1.29, 1.82) is 0 Å². The Morgan fingerprint density at radius 1 is 1.12 bits per heavy atom. The topological polar surface area (TPSA) is 78.4 Å². The van der Waals surface area contributed by atoms with E-state index in [1.807, 2.05) is 36.4 Å². The van der Waals surface area contributed by atoms with Gasteiger partial charge < -0.3 is 10.4 Å². The minimum atomic E-state index is -0.984. The Balaban J connectivity index is 1.61. The molecule has 25 heavy (non-hydrogen) atoms. The van der Waals surface area contributed by atoms with Gasteiger partial charge in [-0.25, -0.2) is 14.8 Å². The number of carboxylic acid groups (broad SMARTS) is 1. The van der Waals surface area contributed by atoms with Crippen LogP contribution >= 0.6 is 11.8 Å². The van der Waals surface area contributed by atoms with Gasteiger partial charge in [-0.15, -0.1) is 0 Å². The third kappa shape index (κ3) is 3.14. The van der Waals surface area contributed by atoms with Crippen LogP contribution in [0.25, 0.3) is 0 Å². The quantitative estimate of drug-likeness (QED) is 0.571. The molecule has 1 aliphatic rings. The summed E-state index contributed by atoms with van der Waals surface area (Å²) in [5, 5.41) is 13.6. The maximum atomic E-state index is 11.6. The Bertz CT molecular complexity index is 933. The molecule has 0 spiro atoms. The van der Waals surface area contributed by atoms with E-state index in [0.29, 0.717) is 5.69 Å². The fourth-order valence-electron chi connectivity index (χ4n) is 2.64. The lowest BCUT2D eigenvalue weighted by atomic mass is 10.1. The van der Waals surface area contributed by atoms with E-state index in [1.165, 1.54) is 4.90 Å². The van der Waals surface area contributed by atoms with Gasteiger partial charge in [0.25, 0.3) is 0 Å². The molecule has 1 aromatic heterocycles. The van der Waals surface area contributed by atoms with Gasteiger partial charge in [-0.3, -0.25) is 4.90 Å². The molecule has 0 bridgehead atoms. The van der Waals surface area contributed by atoms with Crippen LogP contribution in [0.3, 0.4) is 0 Å². The van der Waals surface area contributed by atoms with Crippen molar-refractivity contribution in [3.63, 3.8) is 0 Å². The van der Waals surface area contributed by atoms with E-state index in [1.54, 1.807) is 36.3 Å². The van der Waals surface area contributed by atoms with Crippen LogP contribution in [0, 0.1) is 0 Å². The molecule has 0 atom stereocenters. The van der Waals surface area contributed by atoms with E-state index >= 15 is 0 Å². The summed E-state index contributed by atoms with van der Waals surface area (Å²) in [5.74, 6) is 0.718. The van der Waals surface area contributed by atoms with Gasteiger partial charge in [0.1, 0.15) is 5.03 Å². The van der Waals surface area contributed by atoms with Gasteiger partial charge >= 0.3 is 6.09 Å². The molecule has 0 saturated heterocycles. The van der Waals surface area contributed by atoms with Crippen LogP contribution in [0.5, 0.6) is 0 Å². The van der Waals surface area contributed by atoms with E-state index in [2.05, 4.69) is 15.3 Å². The summed E-state index contributed by atoms with van der Waals surface area (Å²) in [4.78, 5) is 22.6. The molecule has 2 aromatic carbocycles. The highest BCUT2D eigenvalue weighted by Gasteiger charge is 2.19. The number of anilines is 3. The van der Waals surface area contributed by atoms with Crippen molar-refractivity contribution < 1.29 is 9.90 Å². The highest BCUT2D eigenvalue weighted by atomic mass is 32.2. The number of para-hydroxylation sites is 1. The first-order valence-electron chi connectivity index (χ1n) is 7.65. The summed E-state index contributed by atoms with van der Waals surface area (Å²) in [6.45, 7) is 0.270. The zero-order chi connectivity index (χ0) is 17.2. The zero-order valence-corrected chi connectivity index (χ0v) is 13.9. The fourth-order valence-corrected chi connectivity index (χ4v) is 3.52. The smallest absolute Gasteiger partial charge is 0.412 e. The molecular weight excluding hydrogens is 336 g/mol. The first-order valence-corrected chi connectivity index (χ1v) is 8.47. The lowest BCUT2D eigenvalue weighted by molar-refractivity contribution is 0.201. The Hall–Kier alpha value is -3.06. The summed E-state index contributed by atoms with van der Waals surface area (Å²) < 4.78 is 0. The van der Waals surface area contributed by atoms with Crippen molar-refractivity contribution in [2.24, 2.45) is 0 Å². The molecule has 0 unspecified atom stereocenters. The van der Waals surface area contributed by atoms with Gasteiger partial charge in [0.2, 0.25) is 0 Å². The SMILES string of the molecule is O=C(O)N(Cc1ccc2c(c1)Nc1nccnc1S2)c1ccccc1. The van der Waals surface area contributed by atoms with Gasteiger partial charge in [0.15, 0.2) is 5.82 Å². The molecule has 4 rings (SSSR count). The Labute approximate surface area is 148 Å². The molecule has 2 heterocycles. The fraction of sp³-hybridized carbons (Fsp3) is 0.0556. The maximum absolute atomic E-state index is 11.6. The molecule has 1 amide bonds. The van der Waals surface area contributed by atoms with Crippen molar-refractivity contribution >= 4 is 35.0 Å². The third-order valence-corrected chi connectivity index (χ3v) is 4.88. The lowest BCUT2D eigenvalue weighted by Crippen LogP contribution is -2.28. The second-order valence-corrected chi connectivity index (χ2v) is 6.50. The molecule has 7 heteroatoms. The standard InChI is InChI=1S/C18H14N4O2S/c23-18(24)22(13-4-2-1-3-5-13)11-12-6-7-15-14(10-12)21-16-17(25-15)20-9-8-19-16/h1-10H,11H2,(H,19,21)(H,23,24). The number of hydrogen-bond donors (Lipinski definition) is 2. The monoisotopic (exact) mass is 350 g/mol. The predicted octanol–water partition coefficient (Wildman–Crippen LogP) is 4.37. The Kier molecular flexibility index (Phi) is 3.99. The molecule has 124 valence electrons. The van der Waals surface area contributed by atoms with Gasteiger partial charge in [0.05, 0.1) is 12.2 Å². The van der Waals surface area contributed by atoms with E-state index < -0.39 is 6.09 Å². The van der Waals surface area contributed by atoms with E-state index in [0.717, 1.165) is 27.0 Å². The second-order valence-electron chi connectivity index (χ2n) is 5.47. The lowest BCUT2D eigenvalue weighted by Gasteiger charge is -2.22. The second kappa shape index (κ2) is 6.45. The summed E-state index contributed by atoms with van der Waals surface area (Å²) in [6.07, 6.45) is 2.32. The molecule has 1 aliphatic heterocycles. The largest absolute Gasteiger partial charge is 0.465 e. The average Bonchev–Trinajstić information content (AvgIpc) is 2.64. The van der Waals surface area contributed by atoms with Crippen molar-refractivity contribution in [2.75, 3.05) is 10.2 Å². The van der Waals surface area contributed by atoms with Crippen LogP contribution in [-0.4, -0.2) is 21.2 Å². The van der Waals surface area contributed by atoms with Crippen LogP contribution in [-0.2, 0) is 6.54 Å². The minimum Gasteiger partial charge on any atom is -0.465 e. The highest BCUT2D eigenvalue weighted by Crippen LogP contribution is 2.42. The van der Waals surface area contributed by atoms with Crippen LogP contribution < -0.4 is 10.2 Å². The minimum absolute atomic E-state index is 0.270. The summed E-state index contributed by atoms with van der Waals surface area (Å²) in [5.41, 5.74) is 2.45. The van der Waals surface area contributed by atoms with E-state index in [-0.39, 0.29) is 6.54 Å². The van der Waals surface area contributed by atoms with Crippen molar-refractivity contribution in [3.8, 4) is 0 Å². The molecular formula is C18H14N4O2S. The normalized spacial score (nSPS) is 11.8. The Morgan fingerprint density at radius 3 is 2.72 bits per heavy atom. The van der Waals surface area contributed by atoms with E-state index in [4.69, 9.17) is 0 Å². The number of aromatic nitrogens is 2. The molecule has 0 aliphatic carbocycles. The van der Waals surface area contributed by atoms with Gasteiger partial charge in [-0.05, 0) is 29.8 Å². The van der Waals surface area contributed by atoms with Crippen molar-refractivity contribution in [2.45, 2.75) is 16.5 Å². The molecule has 3 aromatic rings. The van der Waals surface area contributed by atoms with Gasteiger partial charge in [0, 0.05) is 23.0 Å². The van der Waals surface area contributed by atoms with Crippen LogP contribution in [0.2, 0.25) is 0 Å². The zero-order valence-electron chi connectivity index (χ0n) is 13.1. The molecule has 0 fully saturated rings. The number of nitrogens with one attached hydrogen (secondary N) is 1. The van der Waals surface area contributed by atoms with Crippen LogP contribution in [0.15, 0.2) is 70.8 Å². The maximum Gasteiger partial charge on any atom is 0.412 e. The summed E-state index contributed by atoms with van der Waals surface area (Å²) in [6, 6.07) is 15.0. The number of nitrogens with zero attached hydrogens (tertiary/aromatic N) is 3. The number of hydrogen-bond acceptors (Lipinski definition) is 5. The van der Waals surface area contributed by atoms with Gasteiger partial charge in [-0.2, -0.15) is 0 Å². The molecule has 0 radical (unpaired) electrons. The Morgan fingerprint density at radius 2 is 1.92 bits per heavy atom. The number of fused-ring (bicyclic) bond motifs is 2. The molecule has 2 N–H and O–H groups in total. The predicted molar refractivity (Wildman–Crippen MR) is 96.5 cm³/mol. The number of amides is 1. The summed E-state index contributed by atoms with van der Waals surface area (Å²) >= 11 is 1.55. The molecule has 0 saturated carbocycles. The first-order chi connectivity index (χ1) is 12.2.